The van der Waals surface area contributed by atoms with Crippen LogP contribution in [-0.2, 0) is 16.8 Å². The van der Waals surface area contributed by atoms with E-state index < -0.39 is 5.41 Å². The van der Waals surface area contributed by atoms with Crippen molar-refractivity contribution in [1.29, 1.82) is 0 Å². The van der Waals surface area contributed by atoms with Gasteiger partial charge in [-0.25, -0.2) is 4.98 Å². The maximum atomic E-state index is 12.1. The molecule has 0 aliphatic heterocycles. The Kier molecular flexibility index (Phi) is 6.46. The van der Waals surface area contributed by atoms with Gasteiger partial charge in [-0.15, -0.1) is 0 Å². The number of benzene rings is 1. The fraction of sp³-hybridized carbons (Fsp3) is 0.500. The quantitative estimate of drug-likeness (QED) is 0.713. The Morgan fingerprint density at radius 3 is 2.19 bits per heavy atom. The number of rotatable bonds is 5. The number of aromatic nitrogens is 3. The number of hydrogen-bond donors (Lipinski definition) is 0. The third kappa shape index (κ3) is 6.20. The van der Waals surface area contributed by atoms with E-state index in [1.54, 1.807) is 20.8 Å². The molecule has 0 bridgehead atoms. The van der Waals surface area contributed by atoms with Crippen molar-refractivity contribution in [3.63, 3.8) is 0 Å². The largest absolute Gasteiger partial charge is 0.486 e. The summed E-state index contributed by atoms with van der Waals surface area (Å²) in [5, 5.41) is 4.53. The Bertz CT molecular complexity index is 793. The molecule has 0 atom stereocenters. The van der Waals surface area contributed by atoms with Gasteiger partial charge in [0.05, 0.1) is 0 Å². The van der Waals surface area contributed by atoms with Crippen LogP contribution in [0.15, 0.2) is 29.4 Å². The van der Waals surface area contributed by atoms with Gasteiger partial charge in [0.2, 0.25) is 0 Å². The minimum Gasteiger partial charge on any atom is -0.486 e. The van der Waals surface area contributed by atoms with Gasteiger partial charge < -0.3 is 4.74 Å². The maximum Gasteiger partial charge on any atom is 0.256 e. The van der Waals surface area contributed by atoms with E-state index in [-0.39, 0.29) is 23.9 Å². The van der Waals surface area contributed by atoms with Crippen LogP contribution < -0.4 is 10.1 Å². The molecule has 1 heterocycles. The van der Waals surface area contributed by atoms with Gasteiger partial charge in [-0.1, -0.05) is 65.4 Å². The number of amides is 1. The van der Waals surface area contributed by atoms with Crippen molar-refractivity contribution >= 4 is 23.6 Å². The highest BCUT2D eigenvalue weighted by molar-refractivity contribution is 7.98. The Balaban J connectivity index is 2.11. The van der Waals surface area contributed by atoms with Gasteiger partial charge in [0.15, 0.2) is 11.0 Å². The van der Waals surface area contributed by atoms with Gasteiger partial charge in [0.25, 0.3) is 11.9 Å². The van der Waals surface area contributed by atoms with E-state index in [1.807, 2.05) is 18.4 Å². The lowest BCUT2D eigenvalue weighted by Gasteiger charge is -2.19. The number of carbonyl (C=O) groups excluding carboxylic acids is 1. The highest BCUT2D eigenvalue weighted by atomic mass is 32.2. The second kappa shape index (κ2) is 8.25. The zero-order valence-corrected chi connectivity index (χ0v) is 17.8. The molecule has 6 nitrogen and oxygen atoms in total. The predicted molar refractivity (Wildman–Crippen MR) is 107 cm³/mol. The van der Waals surface area contributed by atoms with Crippen molar-refractivity contribution < 1.29 is 9.53 Å². The van der Waals surface area contributed by atoms with E-state index >= 15 is 0 Å². The Morgan fingerprint density at radius 2 is 1.67 bits per heavy atom. The van der Waals surface area contributed by atoms with Crippen LogP contribution in [-0.4, -0.2) is 27.1 Å². The lowest BCUT2D eigenvalue weighted by atomic mass is 9.87. The number of hydrogen-bond acceptors (Lipinski definition) is 6. The molecule has 0 saturated heterocycles. The number of nitrogens with zero attached hydrogens (tertiary/aromatic N) is 4. The van der Waals surface area contributed by atoms with Gasteiger partial charge in [-0.05, 0) is 29.4 Å². The van der Waals surface area contributed by atoms with E-state index in [2.05, 4.69) is 53.2 Å². The van der Waals surface area contributed by atoms with E-state index in [1.165, 1.54) is 17.3 Å². The summed E-state index contributed by atoms with van der Waals surface area (Å²) in [5.74, 6) is 1.02. The van der Waals surface area contributed by atoms with Crippen molar-refractivity contribution in [2.24, 2.45) is 5.41 Å². The molecule has 0 fully saturated rings. The zero-order chi connectivity index (χ0) is 20.2. The summed E-state index contributed by atoms with van der Waals surface area (Å²) in [7, 11) is 0. The first-order valence-corrected chi connectivity index (χ1v) is 10.00. The van der Waals surface area contributed by atoms with Gasteiger partial charge in [-0.3, -0.25) is 4.79 Å². The van der Waals surface area contributed by atoms with Crippen LogP contribution in [0.4, 0.5) is 5.95 Å². The number of thioether (sulfide) groups is 1. The molecule has 0 saturated carbocycles. The minimum absolute atomic E-state index is 0.0932. The first-order valence-electron chi connectivity index (χ1n) is 8.77. The van der Waals surface area contributed by atoms with Crippen LogP contribution in [0.25, 0.3) is 0 Å². The summed E-state index contributed by atoms with van der Waals surface area (Å²) < 4.78 is 5.80. The average molecular weight is 388 g/mol. The van der Waals surface area contributed by atoms with E-state index in [4.69, 9.17) is 4.74 Å². The van der Waals surface area contributed by atoms with Gasteiger partial charge >= 0.3 is 0 Å². The molecule has 145 valence electrons. The fourth-order valence-electron chi connectivity index (χ4n) is 2.05. The molecule has 1 aromatic heterocycles. The second-order valence-corrected chi connectivity index (χ2v) is 9.04. The Labute approximate surface area is 165 Å². The highest BCUT2D eigenvalue weighted by Crippen LogP contribution is 2.24. The van der Waals surface area contributed by atoms with E-state index in [9.17, 15) is 4.79 Å². The lowest BCUT2D eigenvalue weighted by Crippen LogP contribution is -2.28. The standard InChI is InChI=1S/C20H27N4O2S/c1-19(2,3)13-8-10-14(11-9-13)26-12-15-21-17(24-18(22-15)27-7)23-16(25)20(4,5)6/h8-11H,12H2,1-7H3. The topological polar surface area (TPSA) is 79.1 Å². The van der Waals surface area contributed by atoms with Crippen molar-refractivity contribution in [3.8, 4) is 5.75 Å². The van der Waals surface area contributed by atoms with Crippen molar-refractivity contribution in [3.05, 3.63) is 35.7 Å². The predicted octanol–water partition coefficient (Wildman–Crippen LogP) is 4.28. The van der Waals surface area contributed by atoms with Crippen LogP contribution >= 0.6 is 11.8 Å². The molecule has 27 heavy (non-hydrogen) atoms. The second-order valence-electron chi connectivity index (χ2n) is 8.27. The first-order chi connectivity index (χ1) is 12.5. The van der Waals surface area contributed by atoms with Gasteiger partial charge in [0.1, 0.15) is 12.4 Å². The van der Waals surface area contributed by atoms with Crippen LogP contribution in [0, 0.1) is 5.41 Å². The Hall–Kier alpha value is -2.15. The first kappa shape index (κ1) is 21.2. The molecule has 0 N–H and O–H groups in total. The normalized spacial score (nSPS) is 12.0. The molecular formula is C20H27N4O2S. The summed E-state index contributed by atoms with van der Waals surface area (Å²) >= 11 is 1.37. The van der Waals surface area contributed by atoms with Crippen LogP contribution in [0.2, 0.25) is 0 Å². The Morgan fingerprint density at radius 1 is 1.04 bits per heavy atom. The maximum absolute atomic E-state index is 12.1. The third-order valence-corrected chi connectivity index (χ3v) is 4.31. The molecule has 7 heteroatoms. The van der Waals surface area contributed by atoms with Crippen LogP contribution in [0.5, 0.6) is 5.75 Å². The summed E-state index contributed by atoms with van der Waals surface area (Å²) in [4.78, 5) is 24.9. The molecule has 0 spiro atoms. The lowest BCUT2D eigenvalue weighted by molar-refractivity contribution is -0.127. The van der Waals surface area contributed by atoms with Crippen LogP contribution in [0.3, 0.4) is 0 Å². The number of carbonyl (C=O) groups is 1. The monoisotopic (exact) mass is 387 g/mol. The SMILES string of the molecule is CSc1nc(COc2ccc(C(C)(C)C)cc2)nc([N]C(=O)C(C)(C)C)n1. The fourth-order valence-corrected chi connectivity index (χ4v) is 2.42. The highest BCUT2D eigenvalue weighted by Gasteiger charge is 2.24. The molecular weight excluding hydrogens is 360 g/mol. The summed E-state index contributed by atoms with van der Waals surface area (Å²) in [6.45, 7) is 12.1. The summed E-state index contributed by atoms with van der Waals surface area (Å²) in [6.07, 6.45) is 1.86. The van der Waals surface area contributed by atoms with Gasteiger partial charge in [-0.2, -0.15) is 15.3 Å². The molecule has 0 aliphatic carbocycles. The zero-order valence-electron chi connectivity index (χ0n) is 17.0. The molecule has 1 aromatic carbocycles. The molecule has 1 amide bonds. The molecule has 1 radical (unpaired) electrons. The van der Waals surface area contributed by atoms with E-state index in [0.717, 1.165) is 5.75 Å². The van der Waals surface area contributed by atoms with Crippen molar-refractivity contribution in [2.45, 2.75) is 58.7 Å². The van der Waals surface area contributed by atoms with Gasteiger partial charge in [0, 0.05) is 5.41 Å². The number of ether oxygens (including phenoxy) is 1. The van der Waals surface area contributed by atoms with E-state index in [0.29, 0.717) is 11.0 Å². The summed E-state index contributed by atoms with van der Waals surface area (Å²) in [5.41, 5.74) is 0.745. The third-order valence-electron chi connectivity index (χ3n) is 3.76. The minimum atomic E-state index is -0.586. The van der Waals surface area contributed by atoms with Crippen LogP contribution in [0.1, 0.15) is 52.9 Å². The molecule has 0 aliphatic rings. The smallest absolute Gasteiger partial charge is 0.256 e. The average Bonchev–Trinajstić information content (AvgIpc) is 2.58. The summed E-state index contributed by atoms with van der Waals surface area (Å²) in [6, 6.07) is 7.98. The molecule has 2 aromatic rings. The van der Waals surface area contributed by atoms with Crippen molar-refractivity contribution in [1.82, 2.24) is 20.3 Å². The van der Waals surface area contributed by atoms with Crippen molar-refractivity contribution in [2.75, 3.05) is 6.26 Å². The molecule has 0 unspecified atom stereocenters. The molecule has 2 rings (SSSR count).